The Morgan fingerprint density at radius 2 is 2.11 bits per heavy atom. The monoisotopic (exact) mass is 328 g/mol. The lowest BCUT2D eigenvalue weighted by Crippen LogP contribution is -2.43. The van der Waals surface area contributed by atoms with Crippen molar-refractivity contribution in [3.05, 3.63) is 22.4 Å². The maximum absolute atomic E-state index is 12.2. The number of esters is 1. The summed E-state index contributed by atoms with van der Waals surface area (Å²) in [5.74, 6) is -0.384. The van der Waals surface area contributed by atoms with Crippen molar-refractivity contribution in [2.24, 2.45) is 0 Å². The Bertz CT molecular complexity index is 530. The van der Waals surface area contributed by atoms with Crippen LogP contribution in [0.25, 0.3) is 0 Å². The van der Waals surface area contributed by atoms with Gasteiger partial charge >= 0.3 is 12.0 Å². The van der Waals surface area contributed by atoms with Gasteiger partial charge in [-0.15, -0.1) is 0 Å². The highest BCUT2D eigenvalue weighted by Crippen LogP contribution is 2.25. The molecule has 2 heterocycles. The van der Waals surface area contributed by atoms with Crippen LogP contribution in [-0.2, 0) is 16.1 Å². The third-order valence-electron chi connectivity index (χ3n) is 2.87. The zero-order chi connectivity index (χ0) is 14.4. The second-order valence-electron chi connectivity index (χ2n) is 5.64. The minimum Gasteiger partial charge on any atom is -0.458 e. The van der Waals surface area contributed by atoms with Crippen LogP contribution in [0.1, 0.15) is 33.4 Å². The number of amides is 1. The van der Waals surface area contributed by atoms with E-state index >= 15 is 0 Å². The molecule has 0 unspecified atom stereocenters. The fourth-order valence-corrected chi connectivity index (χ4v) is 2.44. The van der Waals surface area contributed by atoms with Crippen molar-refractivity contribution < 1.29 is 14.3 Å². The highest BCUT2D eigenvalue weighted by Gasteiger charge is 2.35. The van der Waals surface area contributed by atoms with E-state index in [0.29, 0.717) is 6.54 Å². The molecule has 0 radical (unpaired) electrons. The average Bonchev–Trinajstić information content (AvgIpc) is 2.74. The lowest BCUT2D eigenvalue weighted by Gasteiger charge is -2.26. The largest absolute Gasteiger partial charge is 0.458 e. The van der Waals surface area contributed by atoms with Gasteiger partial charge in [0, 0.05) is 16.4 Å². The van der Waals surface area contributed by atoms with E-state index in [9.17, 15) is 9.59 Å². The standard InChI is InChI=1S/C13H17BrN2O3/c1-8(11(17)19-13(2,3)4)15-7-10-5-9(14)6-16(10)12(15)18/h5-6,8H,7H2,1-4H3/t8-/m1/s1. The molecule has 1 aliphatic heterocycles. The zero-order valence-electron chi connectivity index (χ0n) is 11.4. The number of fused-ring (bicyclic) bond motifs is 1. The van der Waals surface area contributed by atoms with Gasteiger partial charge in [0.15, 0.2) is 0 Å². The first-order chi connectivity index (χ1) is 8.69. The van der Waals surface area contributed by atoms with Crippen molar-refractivity contribution in [2.45, 2.75) is 45.9 Å². The van der Waals surface area contributed by atoms with Crippen LogP contribution < -0.4 is 0 Å². The van der Waals surface area contributed by atoms with E-state index in [1.807, 2.05) is 26.8 Å². The molecule has 1 aromatic heterocycles. The Morgan fingerprint density at radius 3 is 2.63 bits per heavy atom. The van der Waals surface area contributed by atoms with E-state index in [1.54, 1.807) is 17.7 Å². The van der Waals surface area contributed by atoms with Crippen LogP contribution in [0, 0.1) is 0 Å². The molecule has 19 heavy (non-hydrogen) atoms. The first-order valence-electron chi connectivity index (χ1n) is 6.09. The normalized spacial score (nSPS) is 16.5. The van der Waals surface area contributed by atoms with Crippen LogP contribution in [0.3, 0.4) is 0 Å². The molecule has 0 bridgehead atoms. The van der Waals surface area contributed by atoms with Crippen LogP contribution in [0.4, 0.5) is 4.79 Å². The number of carbonyl (C=O) groups excluding carboxylic acids is 2. The van der Waals surface area contributed by atoms with Crippen LogP contribution in [-0.4, -0.2) is 33.1 Å². The Hall–Kier alpha value is -1.30. The van der Waals surface area contributed by atoms with E-state index in [1.165, 1.54) is 4.90 Å². The summed E-state index contributed by atoms with van der Waals surface area (Å²) in [6.45, 7) is 7.54. The molecule has 5 nitrogen and oxygen atoms in total. The second-order valence-corrected chi connectivity index (χ2v) is 6.56. The van der Waals surface area contributed by atoms with Gasteiger partial charge in [-0.1, -0.05) is 0 Å². The summed E-state index contributed by atoms with van der Waals surface area (Å²) in [6.07, 6.45) is 1.71. The lowest BCUT2D eigenvalue weighted by molar-refractivity contribution is -0.159. The number of aromatic nitrogens is 1. The molecule has 0 spiro atoms. The van der Waals surface area contributed by atoms with Crippen molar-refractivity contribution in [3.8, 4) is 0 Å². The van der Waals surface area contributed by atoms with Crippen molar-refractivity contribution in [1.82, 2.24) is 9.47 Å². The highest BCUT2D eigenvalue weighted by molar-refractivity contribution is 9.10. The van der Waals surface area contributed by atoms with E-state index in [2.05, 4.69) is 15.9 Å². The topological polar surface area (TPSA) is 51.5 Å². The van der Waals surface area contributed by atoms with Gasteiger partial charge in [-0.25, -0.2) is 9.59 Å². The molecule has 0 aliphatic carbocycles. The van der Waals surface area contributed by atoms with Gasteiger partial charge in [0.1, 0.15) is 11.6 Å². The number of halogens is 1. The zero-order valence-corrected chi connectivity index (χ0v) is 13.0. The summed E-state index contributed by atoms with van der Waals surface area (Å²) < 4.78 is 7.72. The minimum atomic E-state index is -0.592. The molecule has 1 aliphatic rings. The third kappa shape index (κ3) is 2.83. The molecule has 1 atom stereocenters. The molecule has 2 rings (SSSR count). The van der Waals surface area contributed by atoms with Crippen molar-refractivity contribution in [1.29, 1.82) is 0 Å². The summed E-state index contributed by atoms with van der Waals surface area (Å²) in [6, 6.07) is 1.09. The highest BCUT2D eigenvalue weighted by atomic mass is 79.9. The van der Waals surface area contributed by atoms with Crippen LogP contribution in [0.2, 0.25) is 0 Å². The number of rotatable bonds is 2. The van der Waals surface area contributed by atoms with E-state index in [0.717, 1.165) is 10.2 Å². The summed E-state index contributed by atoms with van der Waals surface area (Å²) in [4.78, 5) is 25.7. The van der Waals surface area contributed by atoms with E-state index in [-0.39, 0.29) is 12.0 Å². The number of nitrogens with zero attached hydrogens (tertiary/aromatic N) is 2. The maximum Gasteiger partial charge on any atom is 0.329 e. The molecule has 0 N–H and O–H groups in total. The van der Waals surface area contributed by atoms with Gasteiger partial charge in [-0.2, -0.15) is 0 Å². The van der Waals surface area contributed by atoms with Gasteiger partial charge in [0.25, 0.3) is 0 Å². The van der Waals surface area contributed by atoms with Crippen LogP contribution in [0.5, 0.6) is 0 Å². The van der Waals surface area contributed by atoms with Crippen molar-refractivity contribution in [2.75, 3.05) is 0 Å². The van der Waals surface area contributed by atoms with E-state index < -0.39 is 11.6 Å². The Balaban J connectivity index is 2.11. The lowest BCUT2D eigenvalue weighted by atomic mass is 10.2. The molecule has 0 fully saturated rings. The first kappa shape index (κ1) is 14.1. The molecular weight excluding hydrogens is 312 g/mol. The first-order valence-corrected chi connectivity index (χ1v) is 6.89. The summed E-state index contributed by atoms with van der Waals surface area (Å²) in [7, 11) is 0. The van der Waals surface area contributed by atoms with Gasteiger partial charge in [-0.05, 0) is 49.7 Å². The molecule has 6 heteroatoms. The quantitative estimate of drug-likeness (QED) is 0.784. The molecule has 0 saturated carbocycles. The number of ether oxygens (including phenoxy) is 1. The summed E-state index contributed by atoms with van der Waals surface area (Å²) in [5, 5.41) is 0. The maximum atomic E-state index is 12.2. The fourth-order valence-electron chi connectivity index (χ4n) is 1.97. The number of hydrogen-bond donors (Lipinski definition) is 0. The Kier molecular flexibility index (Phi) is 3.47. The predicted octanol–water partition coefficient (Wildman–Crippen LogP) is 2.76. The Labute approximate surface area is 120 Å². The molecule has 1 aromatic rings. The fraction of sp³-hybridized carbons (Fsp3) is 0.538. The van der Waals surface area contributed by atoms with Crippen molar-refractivity contribution >= 4 is 27.9 Å². The summed E-state index contributed by atoms with van der Waals surface area (Å²) in [5.41, 5.74) is 0.319. The third-order valence-corrected chi connectivity index (χ3v) is 3.30. The smallest absolute Gasteiger partial charge is 0.329 e. The summed E-state index contributed by atoms with van der Waals surface area (Å²) >= 11 is 3.33. The average molecular weight is 329 g/mol. The van der Waals surface area contributed by atoms with Gasteiger partial charge < -0.3 is 9.64 Å². The van der Waals surface area contributed by atoms with Crippen LogP contribution >= 0.6 is 15.9 Å². The predicted molar refractivity (Wildman–Crippen MR) is 73.8 cm³/mol. The SMILES string of the molecule is C[C@H](C(=O)OC(C)(C)C)N1Cc2cc(Br)cn2C1=O. The number of hydrogen-bond acceptors (Lipinski definition) is 3. The molecular formula is C13H17BrN2O3. The molecule has 104 valence electrons. The molecule has 1 amide bonds. The van der Waals surface area contributed by atoms with Gasteiger partial charge in [0.05, 0.1) is 6.54 Å². The second kappa shape index (κ2) is 4.67. The van der Waals surface area contributed by atoms with E-state index in [4.69, 9.17) is 4.74 Å². The minimum absolute atomic E-state index is 0.195. The Morgan fingerprint density at radius 1 is 1.47 bits per heavy atom. The molecule has 0 saturated heterocycles. The van der Waals surface area contributed by atoms with Crippen LogP contribution in [0.15, 0.2) is 16.7 Å². The number of carbonyl (C=O) groups is 2. The van der Waals surface area contributed by atoms with Gasteiger partial charge in [-0.3, -0.25) is 4.57 Å². The molecule has 0 aromatic carbocycles. The van der Waals surface area contributed by atoms with Gasteiger partial charge in [0.2, 0.25) is 0 Å². The van der Waals surface area contributed by atoms with Crippen molar-refractivity contribution in [3.63, 3.8) is 0 Å².